The van der Waals surface area contributed by atoms with Gasteiger partial charge in [-0.05, 0) is 32.9 Å². The Labute approximate surface area is 125 Å². The standard InChI is InChI=1S/C15H24N2O4/c1-5-20-15(18)12(3)21-14-7-6-11(2)17-13(14)10-16-8-9-19-4/h6-7,12,16H,5,8-10H2,1-4H3. The molecule has 1 heterocycles. The van der Waals surface area contributed by atoms with Crippen molar-refractivity contribution in [2.75, 3.05) is 26.9 Å². The van der Waals surface area contributed by atoms with Gasteiger partial charge in [-0.15, -0.1) is 0 Å². The Morgan fingerprint density at radius 2 is 2.19 bits per heavy atom. The fourth-order valence-electron chi connectivity index (χ4n) is 1.71. The van der Waals surface area contributed by atoms with E-state index in [9.17, 15) is 4.79 Å². The quantitative estimate of drug-likeness (QED) is 0.549. The minimum absolute atomic E-state index is 0.337. The highest BCUT2D eigenvalue weighted by molar-refractivity contribution is 5.74. The molecule has 1 N–H and O–H groups in total. The number of nitrogens with zero attached hydrogens (tertiary/aromatic N) is 1. The molecule has 0 saturated heterocycles. The lowest BCUT2D eigenvalue weighted by Crippen LogP contribution is -2.27. The van der Waals surface area contributed by atoms with E-state index < -0.39 is 6.10 Å². The van der Waals surface area contributed by atoms with Gasteiger partial charge in [0.2, 0.25) is 0 Å². The summed E-state index contributed by atoms with van der Waals surface area (Å²) in [6.07, 6.45) is -0.660. The first-order chi connectivity index (χ1) is 10.1. The lowest BCUT2D eigenvalue weighted by atomic mass is 10.2. The molecule has 1 rings (SSSR count). The van der Waals surface area contributed by atoms with Crippen LogP contribution in [0.3, 0.4) is 0 Å². The molecule has 0 aliphatic heterocycles. The number of esters is 1. The normalized spacial score (nSPS) is 12.0. The van der Waals surface area contributed by atoms with Crippen LogP contribution in [0.5, 0.6) is 5.75 Å². The predicted molar refractivity (Wildman–Crippen MR) is 79.3 cm³/mol. The number of carbonyl (C=O) groups excluding carboxylic acids is 1. The van der Waals surface area contributed by atoms with Crippen LogP contribution in [0, 0.1) is 6.92 Å². The number of aromatic nitrogens is 1. The Morgan fingerprint density at radius 1 is 1.43 bits per heavy atom. The Balaban J connectivity index is 2.69. The van der Waals surface area contributed by atoms with Crippen molar-refractivity contribution >= 4 is 5.97 Å². The molecule has 0 aliphatic rings. The molecule has 0 aliphatic carbocycles. The molecule has 6 nitrogen and oxygen atoms in total. The molecule has 1 atom stereocenters. The molecule has 0 amide bonds. The van der Waals surface area contributed by atoms with Gasteiger partial charge in [-0.1, -0.05) is 0 Å². The molecule has 1 unspecified atom stereocenters. The second kappa shape index (κ2) is 9.31. The molecule has 1 aromatic rings. The van der Waals surface area contributed by atoms with Gasteiger partial charge >= 0.3 is 5.97 Å². The van der Waals surface area contributed by atoms with Crippen molar-refractivity contribution < 1.29 is 19.0 Å². The van der Waals surface area contributed by atoms with Crippen molar-refractivity contribution in [3.8, 4) is 5.75 Å². The summed E-state index contributed by atoms with van der Waals surface area (Å²) in [5.74, 6) is 0.211. The van der Waals surface area contributed by atoms with E-state index in [1.807, 2.05) is 19.1 Å². The summed E-state index contributed by atoms with van der Waals surface area (Å²) in [4.78, 5) is 16.1. The Kier molecular flexibility index (Phi) is 7.71. The highest BCUT2D eigenvalue weighted by Gasteiger charge is 2.17. The van der Waals surface area contributed by atoms with E-state index in [4.69, 9.17) is 14.2 Å². The number of rotatable bonds is 9. The molecular weight excluding hydrogens is 272 g/mol. The predicted octanol–water partition coefficient (Wildman–Crippen LogP) is 1.46. The van der Waals surface area contributed by atoms with Crippen LogP contribution in [0.4, 0.5) is 0 Å². The van der Waals surface area contributed by atoms with E-state index in [1.54, 1.807) is 21.0 Å². The van der Waals surface area contributed by atoms with Gasteiger partial charge in [-0.2, -0.15) is 0 Å². The molecule has 21 heavy (non-hydrogen) atoms. The number of nitrogens with one attached hydrogen (secondary N) is 1. The van der Waals surface area contributed by atoms with E-state index in [2.05, 4.69) is 10.3 Å². The average molecular weight is 296 g/mol. The van der Waals surface area contributed by atoms with Crippen LogP contribution in [-0.4, -0.2) is 43.9 Å². The third-order valence-corrected chi connectivity index (χ3v) is 2.77. The number of ether oxygens (including phenoxy) is 3. The second-order valence-electron chi connectivity index (χ2n) is 4.58. The monoisotopic (exact) mass is 296 g/mol. The van der Waals surface area contributed by atoms with Crippen molar-refractivity contribution in [1.29, 1.82) is 0 Å². The van der Waals surface area contributed by atoms with Crippen LogP contribution in [0.25, 0.3) is 0 Å². The van der Waals surface area contributed by atoms with E-state index in [-0.39, 0.29) is 5.97 Å². The highest BCUT2D eigenvalue weighted by Crippen LogP contribution is 2.18. The summed E-state index contributed by atoms with van der Waals surface area (Å²) in [5, 5.41) is 3.21. The van der Waals surface area contributed by atoms with Crippen LogP contribution >= 0.6 is 0 Å². The maximum absolute atomic E-state index is 11.6. The summed E-state index contributed by atoms with van der Waals surface area (Å²) in [6.45, 7) is 7.58. The zero-order chi connectivity index (χ0) is 15.7. The summed E-state index contributed by atoms with van der Waals surface area (Å²) in [5.41, 5.74) is 1.66. The van der Waals surface area contributed by atoms with E-state index >= 15 is 0 Å². The first-order valence-corrected chi connectivity index (χ1v) is 7.08. The molecule has 0 saturated carbocycles. The van der Waals surface area contributed by atoms with Gasteiger partial charge in [0.1, 0.15) is 5.75 Å². The zero-order valence-corrected chi connectivity index (χ0v) is 13.1. The maximum atomic E-state index is 11.6. The minimum Gasteiger partial charge on any atom is -0.477 e. The van der Waals surface area contributed by atoms with Crippen molar-refractivity contribution in [3.05, 3.63) is 23.5 Å². The number of aryl methyl sites for hydroxylation is 1. The van der Waals surface area contributed by atoms with Gasteiger partial charge in [-0.25, -0.2) is 4.79 Å². The van der Waals surface area contributed by atoms with E-state index in [0.717, 1.165) is 17.9 Å². The number of hydrogen-bond acceptors (Lipinski definition) is 6. The molecular formula is C15H24N2O4. The van der Waals surface area contributed by atoms with Crippen molar-refractivity contribution in [3.63, 3.8) is 0 Å². The number of pyridine rings is 1. The molecule has 0 radical (unpaired) electrons. The molecule has 0 fully saturated rings. The summed E-state index contributed by atoms with van der Waals surface area (Å²) in [6, 6.07) is 3.68. The fourth-order valence-corrected chi connectivity index (χ4v) is 1.71. The Hall–Kier alpha value is -1.66. The number of carbonyl (C=O) groups is 1. The molecule has 0 aromatic carbocycles. The number of methoxy groups -OCH3 is 1. The first-order valence-electron chi connectivity index (χ1n) is 7.08. The molecule has 1 aromatic heterocycles. The third kappa shape index (κ3) is 6.10. The average Bonchev–Trinajstić information content (AvgIpc) is 2.46. The Morgan fingerprint density at radius 3 is 2.86 bits per heavy atom. The number of hydrogen-bond donors (Lipinski definition) is 1. The van der Waals surface area contributed by atoms with Gasteiger partial charge in [0.05, 0.1) is 18.9 Å². The van der Waals surface area contributed by atoms with Crippen LogP contribution in [0.2, 0.25) is 0 Å². The topological polar surface area (TPSA) is 69.7 Å². The van der Waals surface area contributed by atoms with Gasteiger partial charge in [-0.3, -0.25) is 4.98 Å². The van der Waals surface area contributed by atoms with Crippen molar-refractivity contribution in [2.45, 2.75) is 33.4 Å². The van der Waals surface area contributed by atoms with Gasteiger partial charge in [0, 0.05) is 25.9 Å². The zero-order valence-electron chi connectivity index (χ0n) is 13.1. The molecule has 118 valence electrons. The van der Waals surface area contributed by atoms with Gasteiger partial charge in [0.15, 0.2) is 6.10 Å². The molecule has 0 bridgehead atoms. The van der Waals surface area contributed by atoms with E-state index in [1.165, 1.54) is 0 Å². The largest absolute Gasteiger partial charge is 0.477 e. The lowest BCUT2D eigenvalue weighted by Gasteiger charge is -2.16. The van der Waals surface area contributed by atoms with E-state index in [0.29, 0.717) is 25.5 Å². The van der Waals surface area contributed by atoms with Gasteiger partial charge in [0.25, 0.3) is 0 Å². The van der Waals surface area contributed by atoms with Crippen LogP contribution in [0.1, 0.15) is 25.2 Å². The minimum atomic E-state index is -0.660. The van der Waals surface area contributed by atoms with Crippen molar-refractivity contribution in [2.24, 2.45) is 0 Å². The second-order valence-corrected chi connectivity index (χ2v) is 4.58. The van der Waals surface area contributed by atoms with Crippen LogP contribution in [-0.2, 0) is 20.8 Å². The first kappa shape index (κ1) is 17.4. The highest BCUT2D eigenvalue weighted by atomic mass is 16.6. The van der Waals surface area contributed by atoms with Gasteiger partial charge < -0.3 is 19.5 Å². The smallest absolute Gasteiger partial charge is 0.347 e. The van der Waals surface area contributed by atoms with Crippen molar-refractivity contribution in [1.82, 2.24) is 10.3 Å². The molecule has 6 heteroatoms. The lowest BCUT2D eigenvalue weighted by molar-refractivity contribution is -0.150. The maximum Gasteiger partial charge on any atom is 0.347 e. The SMILES string of the molecule is CCOC(=O)C(C)Oc1ccc(C)nc1CNCCOC. The van der Waals surface area contributed by atoms with Crippen LogP contribution in [0.15, 0.2) is 12.1 Å². The van der Waals surface area contributed by atoms with Crippen LogP contribution < -0.4 is 10.1 Å². The summed E-state index contributed by atoms with van der Waals surface area (Å²) >= 11 is 0. The third-order valence-electron chi connectivity index (χ3n) is 2.77. The summed E-state index contributed by atoms with van der Waals surface area (Å²) in [7, 11) is 1.65. The fraction of sp³-hybridized carbons (Fsp3) is 0.600. The summed E-state index contributed by atoms with van der Waals surface area (Å²) < 4.78 is 15.6. The molecule has 0 spiro atoms. The Bertz CT molecular complexity index is 451.